The third kappa shape index (κ3) is 4.20. The summed E-state index contributed by atoms with van der Waals surface area (Å²) in [6.45, 7) is 4.77. The van der Waals surface area contributed by atoms with E-state index in [1.54, 1.807) is 39.2 Å². The first-order chi connectivity index (χ1) is 16.6. The van der Waals surface area contributed by atoms with Gasteiger partial charge >= 0.3 is 6.18 Å². The number of aliphatic imine (C=N–C) groups is 1. The lowest BCUT2D eigenvalue weighted by atomic mass is 9.98. The van der Waals surface area contributed by atoms with Crippen LogP contribution in [0.4, 0.5) is 24.8 Å². The number of nitrogens with zero attached hydrogens (tertiary/aromatic N) is 5. The summed E-state index contributed by atoms with van der Waals surface area (Å²) in [4.78, 5) is 28.2. The Labute approximate surface area is 199 Å². The van der Waals surface area contributed by atoms with Crippen molar-refractivity contribution in [3.63, 3.8) is 0 Å². The van der Waals surface area contributed by atoms with Crippen LogP contribution in [0.15, 0.2) is 52.4 Å². The number of fused-ring (bicyclic) bond motifs is 3. The average Bonchev–Trinajstić information content (AvgIpc) is 3.30. The highest BCUT2D eigenvalue weighted by atomic mass is 19.4. The molecule has 1 unspecified atom stereocenters. The Morgan fingerprint density at radius 2 is 1.94 bits per heavy atom. The Balaban J connectivity index is 1.59. The van der Waals surface area contributed by atoms with Crippen molar-refractivity contribution in [3.05, 3.63) is 81.0 Å². The number of hydrogen-bond acceptors (Lipinski definition) is 6. The second kappa shape index (κ2) is 8.37. The van der Waals surface area contributed by atoms with Crippen LogP contribution in [0.2, 0.25) is 0 Å². The molecule has 1 atom stereocenters. The second-order valence-electron chi connectivity index (χ2n) is 8.63. The first-order valence-electron chi connectivity index (χ1n) is 11.2. The van der Waals surface area contributed by atoms with Crippen molar-refractivity contribution in [2.75, 3.05) is 23.3 Å². The minimum absolute atomic E-state index is 0.143. The quantitative estimate of drug-likeness (QED) is 0.597. The predicted octanol–water partition coefficient (Wildman–Crippen LogP) is 4.45. The van der Waals surface area contributed by atoms with Crippen molar-refractivity contribution in [3.8, 4) is 0 Å². The molecule has 0 amide bonds. The van der Waals surface area contributed by atoms with Gasteiger partial charge in [-0.15, -0.1) is 0 Å². The Bertz CT molecular complexity index is 1440. The molecule has 7 nitrogen and oxygen atoms in total. The topological polar surface area (TPSA) is 75.4 Å². The summed E-state index contributed by atoms with van der Waals surface area (Å²) in [6.07, 6.45) is -0.823. The zero-order valence-corrected chi connectivity index (χ0v) is 19.4. The van der Waals surface area contributed by atoms with Gasteiger partial charge in [-0.1, -0.05) is 12.1 Å². The SMILES string of the molecule is Cc1nc(NC(C)c2cccc(C(F)(F)F)c2)c2c(n1)N1CCN=C1C(c1ccn(C)c(=O)c1)=C2. The summed E-state index contributed by atoms with van der Waals surface area (Å²) in [5, 5.41) is 3.28. The van der Waals surface area contributed by atoms with E-state index in [2.05, 4.69) is 20.3 Å². The summed E-state index contributed by atoms with van der Waals surface area (Å²) < 4.78 is 41.2. The molecule has 2 aliphatic heterocycles. The summed E-state index contributed by atoms with van der Waals surface area (Å²) in [7, 11) is 1.68. The van der Waals surface area contributed by atoms with E-state index >= 15 is 0 Å². The Hall–Kier alpha value is -3.95. The molecule has 3 aromatic rings. The number of hydrogen-bond donors (Lipinski definition) is 1. The number of pyridine rings is 1. The van der Waals surface area contributed by atoms with Crippen LogP contribution in [0, 0.1) is 6.92 Å². The van der Waals surface area contributed by atoms with Crippen LogP contribution in [0.5, 0.6) is 0 Å². The highest BCUT2D eigenvalue weighted by molar-refractivity contribution is 6.36. The molecule has 0 bridgehead atoms. The molecule has 2 aromatic heterocycles. The number of rotatable bonds is 4. The van der Waals surface area contributed by atoms with Gasteiger partial charge in [0.15, 0.2) is 0 Å². The number of amidine groups is 1. The molecule has 35 heavy (non-hydrogen) atoms. The van der Waals surface area contributed by atoms with Gasteiger partial charge in [0.05, 0.1) is 17.7 Å². The summed E-state index contributed by atoms with van der Waals surface area (Å²) in [6, 6.07) is 8.21. The molecule has 10 heteroatoms. The number of aromatic nitrogens is 3. The largest absolute Gasteiger partial charge is 0.416 e. The van der Waals surface area contributed by atoms with Gasteiger partial charge in [0, 0.05) is 37.5 Å². The highest BCUT2D eigenvalue weighted by Crippen LogP contribution is 2.39. The molecule has 1 aromatic carbocycles. The van der Waals surface area contributed by atoms with E-state index in [4.69, 9.17) is 0 Å². The fourth-order valence-electron chi connectivity index (χ4n) is 4.31. The van der Waals surface area contributed by atoms with Crippen LogP contribution in [0.1, 0.15) is 41.0 Å². The third-order valence-corrected chi connectivity index (χ3v) is 6.15. The molecule has 5 rings (SSSR count). The molecule has 4 heterocycles. The number of alkyl halides is 3. The number of halogens is 3. The molecular weight excluding hydrogens is 457 g/mol. The van der Waals surface area contributed by atoms with Crippen molar-refractivity contribution in [1.82, 2.24) is 14.5 Å². The van der Waals surface area contributed by atoms with E-state index in [9.17, 15) is 18.0 Å². The van der Waals surface area contributed by atoms with E-state index in [-0.39, 0.29) is 5.56 Å². The van der Waals surface area contributed by atoms with Gasteiger partial charge in [0.25, 0.3) is 5.56 Å². The normalized spacial score (nSPS) is 15.8. The minimum atomic E-state index is -4.42. The van der Waals surface area contributed by atoms with Crippen molar-refractivity contribution in [1.29, 1.82) is 0 Å². The maximum Gasteiger partial charge on any atom is 0.416 e. The molecule has 0 radical (unpaired) electrons. The second-order valence-corrected chi connectivity index (χ2v) is 8.63. The molecule has 180 valence electrons. The summed E-state index contributed by atoms with van der Waals surface area (Å²) in [5.74, 6) is 2.45. The van der Waals surface area contributed by atoms with Crippen LogP contribution in [-0.4, -0.2) is 33.5 Å². The van der Waals surface area contributed by atoms with Gasteiger partial charge in [0.1, 0.15) is 23.3 Å². The van der Waals surface area contributed by atoms with Crippen molar-refractivity contribution in [2.45, 2.75) is 26.1 Å². The molecule has 0 saturated carbocycles. The molecule has 0 spiro atoms. The Morgan fingerprint density at radius 3 is 2.69 bits per heavy atom. The summed E-state index contributed by atoms with van der Waals surface area (Å²) >= 11 is 0. The minimum Gasteiger partial charge on any atom is -0.363 e. The zero-order chi connectivity index (χ0) is 24.9. The zero-order valence-electron chi connectivity index (χ0n) is 19.4. The number of anilines is 2. The van der Waals surface area contributed by atoms with Gasteiger partial charge in [-0.05, 0) is 49.2 Å². The van der Waals surface area contributed by atoms with Gasteiger partial charge < -0.3 is 14.8 Å². The number of nitrogens with one attached hydrogen (secondary N) is 1. The lowest BCUT2D eigenvalue weighted by Gasteiger charge is -2.29. The maximum atomic E-state index is 13.2. The smallest absolute Gasteiger partial charge is 0.363 e. The van der Waals surface area contributed by atoms with E-state index in [0.29, 0.717) is 41.7 Å². The molecule has 0 fully saturated rings. The first kappa shape index (κ1) is 22.8. The van der Waals surface area contributed by atoms with E-state index in [1.807, 2.05) is 17.0 Å². The summed E-state index contributed by atoms with van der Waals surface area (Å²) in [5.41, 5.74) is 1.84. The molecule has 1 N–H and O–H groups in total. The molecule has 0 aliphatic carbocycles. The molecule has 0 saturated heterocycles. The van der Waals surface area contributed by atoms with E-state index in [0.717, 1.165) is 29.1 Å². The van der Waals surface area contributed by atoms with Gasteiger partial charge in [-0.2, -0.15) is 13.2 Å². The Morgan fingerprint density at radius 1 is 1.14 bits per heavy atom. The van der Waals surface area contributed by atoms with Gasteiger partial charge in [-0.3, -0.25) is 9.79 Å². The van der Waals surface area contributed by atoms with Crippen LogP contribution in [-0.2, 0) is 13.2 Å². The standard InChI is InChI=1S/C25H23F3N6O/c1-14(16-5-4-6-18(11-16)25(26,27)28)30-22-20-13-19(17-7-9-33(3)21(35)12-17)23-29-8-10-34(23)24(20)32-15(2)31-22/h4-7,9,11-14H,8,10H2,1-3H3,(H,30,31,32). The number of benzene rings is 1. The molecule has 2 aliphatic rings. The fourth-order valence-corrected chi connectivity index (χ4v) is 4.31. The van der Waals surface area contributed by atoms with Gasteiger partial charge in [-0.25, -0.2) is 9.97 Å². The lowest BCUT2D eigenvalue weighted by Crippen LogP contribution is -2.33. The monoisotopic (exact) mass is 480 g/mol. The van der Waals surface area contributed by atoms with Crippen LogP contribution in [0.3, 0.4) is 0 Å². The number of aryl methyl sites for hydroxylation is 2. The fraction of sp³-hybridized carbons (Fsp3) is 0.280. The predicted molar refractivity (Wildman–Crippen MR) is 129 cm³/mol. The van der Waals surface area contributed by atoms with Crippen LogP contribution < -0.4 is 15.8 Å². The van der Waals surface area contributed by atoms with Gasteiger partial charge in [0.2, 0.25) is 0 Å². The average molecular weight is 480 g/mol. The van der Waals surface area contributed by atoms with E-state index < -0.39 is 17.8 Å². The Kier molecular flexibility index (Phi) is 5.46. The van der Waals surface area contributed by atoms with Crippen LogP contribution in [0.25, 0.3) is 11.6 Å². The third-order valence-electron chi connectivity index (χ3n) is 6.15. The lowest BCUT2D eigenvalue weighted by molar-refractivity contribution is -0.137. The van der Waals surface area contributed by atoms with Crippen molar-refractivity contribution >= 4 is 29.1 Å². The highest BCUT2D eigenvalue weighted by Gasteiger charge is 2.33. The van der Waals surface area contributed by atoms with Crippen molar-refractivity contribution < 1.29 is 13.2 Å². The van der Waals surface area contributed by atoms with E-state index in [1.165, 1.54) is 10.6 Å². The van der Waals surface area contributed by atoms with Crippen LogP contribution >= 0.6 is 0 Å². The molecular formula is C25H23F3N6O. The van der Waals surface area contributed by atoms with Crippen molar-refractivity contribution in [2.24, 2.45) is 12.0 Å². The first-order valence-corrected chi connectivity index (χ1v) is 11.2. The maximum absolute atomic E-state index is 13.2.